The Kier molecular flexibility index (Phi) is 6.56. The highest BCUT2D eigenvalue weighted by Crippen LogP contribution is 2.39. The van der Waals surface area contributed by atoms with E-state index in [9.17, 15) is 19.7 Å². The van der Waals surface area contributed by atoms with Gasteiger partial charge >= 0.3 is 11.7 Å². The average molecular weight is 421 g/mol. The molecular weight excluding hydrogens is 402 g/mol. The lowest BCUT2D eigenvalue weighted by Crippen LogP contribution is -2.20. The number of methoxy groups -OCH3 is 1. The smallest absolute Gasteiger partial charge is 0.323 e. The number of nitro groups is 1. The predicted molar refractivity (Wildman–Crippen MR) is 114 cm³/mol. The Morgan fingerprint density at radius 3 is 2.58 bits per heavy atom. The number of nitrogens with zero attached hydrogens (tertiary/aromatic N) is 2. The molecule has 0 unspecified atom stereocenters. The lowest BCUT2D eigenvalue weighted by atomic mass is 10.0. The maximum atomic E-state index is 12.3. The Morgan fingerprint density at radius 2 is 1.87 bits per heavy atom. The lowest BCUT2D eigenvalue weighted by molar-refractivity contribution is -0.385. The minimum Gasteiger partial charge on any atom is -0.488 e. The molecule has 3 aromatic carbocycles. The molecule has 0 bridgehead atoms. The largest absolute Gasteiger partial charge is 0.488 e. The van der Waals surface area contributed by atoms with Gasteiger partial charge in [-0.2, -0.15) is 5.10 Å². The summed E-state index contributed by atoms with van der Waals surface area (Å²) in [5.74, 6) is -1.32. The summed E-state index contributed by atoms with van der Waals surface area (Å²) >= 11 is 0. The number of hydrazone groups is 1. The number of fused-ring (bicyclic) bond motifs is 1. The van der Waals surface area contributed by atoms with Gasteiger partial charge in [0, 0.05) is 6.92 Å². The average Bonchev–Trinajstić information content (AvgIpc) is 2.74. The van der Waals surface area contributed by atoms with Crippen molar-refractivity contribution in [2.45, 2.75) is 13.3 Å². The number of ether oxygens (including phenoxy) is 2. The minimum absolute atomic E-state index is 0.0724. The number of nitrogens with one attached hydrogen (secondary N) is 1. The fourth-order valence-corrected chi connectivity index (χ4v) is 3.13. The molecule has 9 nitrogen and oxygen atoms in total. The first-order valence-electron chi connectivity index (χ1n) is 9.23. The molecule has 0 atom stereocenters. The molecule has 0 radical (unpaired) electrons. The molecule has 0 aliphatic carbocycles. The topological polar surface area (TPSA) is 120 Å². The number of esters is 1. The first-order chi connectivity index (χ1) is 14.9. The summed E-state index contributed by atoms with van der Waals surface area (Å²) in [7, 11) is 1.22. The zero-order chi connectivity index (χ0) is 22.4. The van der Waals surface area contributed by atoms with Crippen molar-refractivity contribution in [1.29, 1.82) is 0 Å². The number of nitro benzene ring substituents is 1. The Bertz CT molecular complexity index is 1180. The van der Waals surface area contributed by atoms with Crippen molar-refractivity contribution in [2.24, 2.45) is 5.10 Å². The van der Waals surface area contributed by atoms with Crippen LogP contribution in [0.4, 0.5) is 5.69 Å². The van der Waals surface area contributed by atoms with E-state index in [1.807, 2.05) is 42.5 Å². The summed E-state index contributed by atoms with van der Waals surface area (Å²) in [6, 6.07) is 16.1. The summed E-state index contributed by atoms with van der Waals surface area (Å²) in [5.41, 5.74) is 2.85. The summed E-state index contributed by atoms with van der Waals surface area (Å²) in [6.45, 7) is 1.17. The lowest BCUT2D eigenvalue weighted by Gasteiger charge is -2.09. The van der Waals surface area contributed by atoms with Crippen LogP contribution in [-0.2, 0) is 16.0 Å². The van der Waals surface area contributed by atoms with E-state index in [2.05, 4.69) is 10.5 Å². The second-order valence-corrected chi connectivity index (χ2v) is 6.49. The highest BCUT2D eigenvalue weighted by Gasteiger charge is 2.25. The van der Waals surface area contributed by atoms with Crippen LogP contribution in [0.1, 0.15) is 18.1 Å². The SMILES string of the molecule is COc1c(OC(C)=O)ccc(/C=N/NC(=O)Cc2cccc3ccccc23)c1[N+](=O)[O-]. The van der Waals surface area contributed by atoms with Gasteiger partial charge in [-0.05, 0) is 28.5 Å². The van der Waals surface area contributed by atoms with E-state index in [1.54, 1.807) is 0 Å². The number of amides is 1. The number of rotatable bonds is 7. The summed E-state index contributed by atoms with van der Waals surface area (Å²) in [4.78, 5) is 34.4. The highest BCUT2D eigenvalue weighted by atomic mass is 16.6. The van der Waals surface area contributed by atoms with Crippen LogP contribution in [0.5, 0.6) is 11.5 Å². The van der Waals surface area contributed by atoms with Crippen molar-refractivity contribution in [1.82, 2.24) is 5.43 Å². The van der Waals surface area contributed by atoms with Gasteiger partial charge in [0.15, 0.2) is 5.75 Å². The molecule has 0 saturated heterocycles. The monoisotopic (exact) mass is 421 g/mol. The maximum absolute atomic E-state index is 12.3. The van der Waals surface area contributed by atoms with Gasteiger partial charge < -0.3 is 9.47 Å². The molecule has 1 N–H and O–H groups in total. The third-order valence-electron chi connectivity index (χ3n) is 4.39. The molecule has 0 spiro atoms. The molecule has 158 valence electrons. The number of hydrogen-bond donors (Lipinski definition) is 1. The molecule has 0 heterocycles. The zero-order valence-corrected chi connectivity index (χ0v) is 16.8. The normalized spacial score (nSPS) is 10.8. The first-order valence-corrected chi connectivity index (χ1v) is 9.23. The third-order valence-corrected chi connectivity index (χ3v) is 4.39. The quantitative estimate of drug-likeness (QED) is 0.205. The summed E-state index contributed by atoms with van der Waals surface area (Å²) in [5, 5.41) is 17.4. The predicted octanol–water partition coefficient (Wildman–Crippen LogP) is 3.37. The van der Waals surface area contributed by atoms with Crippen LogP contribution in [0.25, 0.3) is 10.8 Å². The Morgan fingerprint density at radius 1 is 1.13 bits per heavy atom. The molecule has 3 aromatic rings. The fraction of sp³-hybridized carbons (Fsp3) is 0.136. The molecule has 9 heteroatoms. The molecular formula is C22H19N3O6. The van der Waals surface area contributed by atoms with Crippen LogP contribution in [0.2, 0.25) is 0 Å². The van der Waals surface area contributed by atoms with E-state index in [0.29, 0.717) is 0 Å². The molecule has 0 aliphatic rings. The van der Waals surface area contributed by atoms with Gasteiger partial charge in [-0.1, -0.05) is 42.5 Å². The van der Waals surface area contributed by atoms with E-state index >= 15 is 0 Å². The van der Waals surface area contributed by atoms with Gasteiger partial charge in [0.2, 0.25) is 11.7 Å². The number of carbonyl (C=O) groups excluding carboxylic acids is 2. The van der Waals surface area contributed by atoms with Crippen molar-refractivity contribution in [3.63, 3.8) is 0 Å². The Balaban J connectivity index is 1.79. The van der Waals surface area contributed by atoms with Crippen LogP contribution in [-0.4, -0.2) is 30.1 Å². The van der Waals surface area contributed by atoms with Crippen molar-refractivity contribution in [3.05, 3.63) is 75.8 Å². The van der Waals surface area contributed by atoms with Crippen molar-refractivity contribution >= 4 is 34.6 Å². The minimum atomic E-state index is -0.675. The van der Waals surface area contributed by atoms with Gasteiger partial charge in [-0.3, -0.25) is 19.7 Å². The van der Waals surface area contributed by atoms with Gasteiger partial charge in [-0.25, -0.2) is 5.43 Å². The zero-order valence-electron chi connectivity index (χ0n) is 16.8. The van der Waals surface area contributed by atoms with Crippen LogP contribution in [0.3, 0.4) is 0 Å². The van der Waals surface area contributed by atoms with Gasteiger partial charge in [-0.15, -0.1) is 0 Å². The van der Waals surface area contributed by atoms with Crippen molar-refractivity contribution in [2.75, 3.05) is 7.11 Å². The molecule has 0 fully saturated rings. The van der Waals surface area contributed by atoms with Gasteiger partial charge in [0.25, 0.3) is 0 Å². The number of hydrogen-bond acceptors (Lipinski definition) is 7. The van der Waals surface area contributed by atoms with Gasteiger partial charge in [0.1, 0.15) is 0 Å². The van der Waals surface area contributed by atoms with Gasteiger partial charge in [0.05, 0.1) is 30.2 Å². The Labute approximate surface area is 177 Å². The van der Waals surface area contributed by atoms with E-state index in [1.165, 1.54) is 26.2 Å². The fourth-order valence-electron chi connectivity index (χ4n) is 3.13. The molecule has 0 aromatic heterocycles. The first kappa shape index (κ1) is 21.4. The summed E-state index contributed by atoms with van der Waals surface area (Å²) < 4.78 is 10.0. The van der Waals surface area contributed by atoms with Crippen LogP contribution >= 0.6 is 0 Å². The van der Waals surface area contributed by atoms with Crippen molar-refractivity contribution < 1.29 is 24.0 Å². The van der Waals surface area contributed by atoms with E-state index in [0.717, 1.165) is 22.6 Å². The highest BCUT2D eigenvalue weighted by molar-refractivity contribution is 5.92. The second-order valence-electron chi connectivity index (χ2n) is 6.49. The maximum Gasteiger partial charge on any atom is 0.323 e. The third kappa shape index (κ3) is 5.02. The second kappa shape index (κ2) is 9.49. The molecule has 3 rings (SSSR count). The molecule has 0 aliphatic heterocycles. The molecule has 31 heavy (non-hydrogen) atoms. The molecule has 1 amide bonds. The molecule has 0 saturated carbocycles. The van der Waals surface area contributed by atoms with Crippen LogP contribution in [0.15, 0.2) is 59.7 Å². The van der Waals surface area contributed by atoms with Crippen LogP contribution in [0, 0.1) is 10.1 Å². The van der Waals surface area contributed by atoms with E-state index in [4.69, 9.17) is 9.47 Å². The van der Waals surface area contributed by atoms with Crippen molar-refractivity contribution in [3.8, 4) is 11.5 Å². The standard InChI is InChI=1S/C22H19N3O6/c1-14(26)31-19-11-10-17(21(25(28)29)22(19)30-2)13-23-24-20(27)12-16-8-5-7-15-6-3-4-9-18(15)16/h3-11,13H,12H2,1-2H3,(H,24,27)/b23-13+. The number of benzene rings is 3. The van der Waals surface area contributed by atoms with E-state index < -0.39 is 16.6 Å². The summed E-state index contributed by atoms with van der Waals surface area (Å²) in [6.07, 6.45) is 1.23. The Hall–Kier alpha value is -4.27. The number of carbonyl (C=O) groups is 2. The van der Waals surface area contributed by atoms with E-state index in [-0.39, 0.29) is 29.4 Å². The van der Waals surface area contributed by atoms with Crippen LogP contribution < -0.4 is 14.9 Å².